The van der Waals surface area contributed by atoms with E-state index in [1.165, 1.54) is 6.07 Å². The van der Waals surface area contributed by atoms with Gasteiger partial charge in [0.25, 0.3) is 0 Å². The Balaban J connectivity index is 1.88. The number of urea groups is 1. The molecule has 0 aromatic heterocycles. The minimum absolute atomic E-state index is 0.0235. The van der Waals surface area contributed by atoms with Crippen LogP contribution in [0.15, 0.2) is 18.2 Å². The molecule has 1 unspecified atom stereocenters. The maximum atomic E-state index is 13.9. The summed E-state index contributed by atoms with van der Waals surface area (Å²) in [6, 6.07) is 4.93. The van der Waals surface area contributed by atoms with Gasteiger partial charge in [0.15, 0.2) is 0 Å². The van der Waals surface area contributed by atoms with Crippen molar-refractivity contribution in [1.82, 2.24) is 10.2 Å². The number of carbonyl (C=O) groups excluding carboxylic acids is 1. The molecule has 0 radical (unpaired) electrons. The van der Waals surface area contributed by atoms with E-state index in [-0.39, 0.29) is 17.9 Å². The quantitative estimate of drug-likeness (QED) is 0.852. The van der Waals surface area contributed by atoms with Crippen LogP contribution in [0.25, 0.3) is 0 Å². The molecule has 0 spiro atoms. The first-order chi connectivity index (χ1) is 9.58. The van der Waals surface area contributed by atoms with Crippen LogP contribution >= 0.6 is 0 Å². The molecule has 0 saturated carbocycles. The maximum absolute atomic E-state index is 13.9. The number of carbonyl (C=O) groups is 1. The summed E-state index contributed by atoms with van der Waals surface area (Å²) in [6.07, 6.45) is -0.854. The lowest BCUT2D eigenvalue weighted by molar-refractivity contribution is 0.190. The van der Waals surface area contributed by atoms with E-state index in [2.05, 4.69) is 5.32 Å². The largest absolute Gasteiger partial charge is 0.389 e. The van der Waals surface area contributed by atoms with Crippen molar-refractivity contribution >= 4 is 11.7 Å². The Morgan fingerprint density at radius 1 is 1.45 bits per heavy atom. The second kappa shape index (κ2) is 4.94. The number of rotatable bonds is 2. The molecular formula is C14H18FN3O2. The van der Waals surface area contributed by atoms with Crippen LogP contribution in [0.5, 0.6) is 0 Å². The van der Waals surface area contributed by atoms with Crippen molar-refractivity contribution in [2.45, 2.75) is 19.1 Å². The first-order valence-electron chi connectivity index (χ1n) is 6.84. The van der Waals surface area contributed by atoms with E-state index >= 15 is 0 Å². The number of piperazine rings is 1. The molecule has 0 bridgehead atoms. The Hall–Kier alpha value is -1.82. The number of aliphatic hydroxyl groups is 1. The Labute approximate surface area is 117 Å². The zero-order valence-corrected chi connectivity index (χ0v) is 11.3. The van der Waals surface area contributed by atoms with Gasteiger partial charge < -0.3 is 20.2 Å². The number of fused-ring (bicyclic) bond motifs is 1. The average molecular weight is 279 g/mol. The molecular weight excluding hydrogens is 261 g/mol. The molecule has 2 N–H and O–H groups in total. The predicted octanol–water partition coefficient (Wildman–Crippen LogP) is 1.09. The summed E-state index contributed by atoms with van der Waals surface area (Å²) < 4.78 is 13.9. The van der Waals surface area contributed by atoms with E-state index < -0.39 is 6.10 Å². The minimum atomic E-state index is -0.854. The molecule has 2 fully saturated rings. The van der Waals surface area contributed by atoms with E-state index in [1.54, 1.807) is 13.0 Å². The first-order valence-corrected chi connectivity index (χ1v) is 6.84. The SMILES string of the molecule is C[C@H](O)c1c(F)cccc1N1CCN2C(=O)NCC2C1. The normalized spacial score (nSPS) is 23.6. The highest BCUT2D eigenvalue weighted by atomic mass is 19.1. The monoisotopic (exact) mass is 279 g/mol. The Morgan fingerprint density at radius 3 is 3.00 bits per heavy atom. The van der Waals surface area contributed by atoms with Crippen molar-refractivity contribution < 1.29 is 14.3 Å². The Bertz CT molecular complexity index is 535. The van der Waals surface area contributed by atoms with Gasteiger partial charge in [-0.25, -0.2) is 9.18 Å². The number of hydrogen-bond donors (Lipinski definition) is 2. The molecule has 1 aromatic rings. The predicted molar refractivity (Wildman–Crippen MR) is 73.1 cm³/mol. The van der Waals surface area contributed by atoms with Gasteiger partial charge in [0, 0.05) is 37.4 Å². The third kappa shape index (κ3) is 2.10. The van der Waals surface area contributed by atoms with Gasteiger partial charge >= 0.3 is 6.03 Å². The van der Waals surface area contributed by atoms with Crippen molar-refractivity contribution in [2.75, 3.05) is 31.1 Å². The van der Waals surface area contributed by atoms with E-state index in [9.17, 15) is 14.3 Å². The van der Waals surface area contributed by atoms with Crippen molar-refractivity contribution in [3.05, 3.63) is 29.6 Å². The molecule has 20 heavy (non-hydrogen) atoms. The fourth-order valence-electron chi connectivity index (χ4n) is 3.04. The number of amides is 2. The van der Waals surface area contributed by atoms with Gasteiger partial charge in [-0.15, -0.1) is 0 Å². The second-order valence-corrected chi connectivity index (χ2v) is 5.33. The summed E-state index contributed by atoms with van der Waals surface area (Å²) in [5.41, 5.74) is 1.05. The lowest BCUT2D eigenvalue weighted by Gasteiger charge is -2.38. The summed E-state index contributed by atoms with van der Waals surface area (Å²) in [5, 5.41) is 12.6. The van der Waals surface area contributed by atoms with Crippen molar-refractivity contribution in [2.24, 2.45) is 0 Å². The number of nitrogens with one attached hydrogen (secondary N) is 1. The van der Waals surface area contributed by atoms with E-state index in [0.29, 0.717) is 31.7 Å². The molecule has 0 aliphatic carbocycles. The smallest absolute Gasteiger partial charge is 0.317 e. The van der Waals surface area contributed by atoms with Crippen LogP contribution in [0.3, 0.4) is 0 Å². The Morgan fingerprint density at radius 2 is 2.25 bits per heavy atom. The molecule has 2 heterocycles. The molecule has 2 aliphatic rings. The lowest BCUT2D eigenvalue weighted by Crippen LogP contribution is -2.52. The molecule has 2 aliphatic heterocycles. The fourth-order valence-corrected chi connectivity index (χ4v) is 3.04. The molecule has 108 valence electrons. The van der Waals surface area contributed by atoms with Gasteiger partial charge in [-0.2, -0.15) is 0 Å². The highest BCUT2D eigenvalue weighted by Crippen LogP contribution is 2.30. The van der Waals surface area contributed by atoms with Crippen LogP contribution in [0.4, 0.5) is 14.9 Å². The second-order valence-electron chi connectivity index (χ2n) is 5.33. The molecule has 5 nitrogen and oxygen atoms in total. The molecule has 2 amide bonds. The number of nitrogens with zero attached hydrogens (tertiary/aromatic N) is 2. The third-order valence-corrected chi connectivity index (χ3v) is 4.02. The van der Waals surface area contributed by atoms with Crippen LogP contribution in [0, 0.1) is 5.82 Å². The van der Waals surface area contributed by atoms with Gasteiger partial charge in [-0.3, -0.25) is 0 Å². The highest BCUT2D eigenvalue weighted by Gasteiger charge is 2.36. The molecule has 3 rings (SSSR count). The molecule has 1 aromatic carbocycles. The van der Waals surface area contributed by atoms with Crippen molar-refractivity contribution in [1.29, 1.82) is 0 Å². The number of hydrogen-bond acceptors (Lipinski definition) is 3. The minimum Gasteiger partial charge on any atom is -0.389 e. The van der Waals surface area contributed by atoms with Gasteiger partial charge in [0.2, 0.25) is 0 Å². The van der Waals surface area contributed by atoms with Gasteiger partial charge in [-0.1, -0.05) is 6.07 Å². The molecule has 2 atom stereocenters. The Kier molecular flexibility index (Phi) is 3.25. The fraction of sp³-hybridized carbons (Fsp3) is 0.500. The van der Waals surface area contributed by atoms with Crippen LogP contribution < -0.4 is 10.2 Å². The van der Waals surface area contributed by atoms with Crippen molar-refractivity contribution in [3.63, 3.8) is 0 Å². The number of anilines is 1. The zero-order valence-electron chi connectivity index (χ0n) is 11.3. The standard InChI is InChI=1S/C14H18FN3O2/c1-9(19)13-11(15)3-2-4-12(13)17-5-6-18-10(8-17)7-16-14(18)20/h2-4,9-10,19H,5-8H2,1H3,(H,16,20)/t9-,10?/m0/s1. The van der Waals surface area contributed by atoms with Crippen LogP contribution in [0.1, 0.15) is 18.6 Å². The summed E-state index contributed by atoms with van der Waals surface area (Å²) in [5.74, 6) is -0.388. The number of aliphatic hydroxyl groups excluding tert-OH is 1. The summed E-state index contributed by atoms with van der Waals surface area (Å²) >= 11 is 0. The van der Waals surface area contributed by atoms with Gasteiger partial charge in [0.1, 0.15) is 5.82 Å². The topological polar surface area (TPSA) is 55.8 Å². The molecule has 2 saturated heterocycles. The highest BCUT2D eigenvalue weighted by molar-refractivity contribution is 5.77. The average Bonchev–Trinajstić information content (AvgIpc) is 2.79. The van der Waals surface area contributed by atoms with Crippen LogP contribution in [-0.2, 0) is 0 Å². The molecule has 6 heteroatoms. The summed E-state index contributed by atoms with van der Waals surface area (Å²) in [4.78, 5) is 15.4. The number of benzene rings is 1. The first kappa shape index (κ1) is 13.2. The van der Waals surface area contributed by atoms with E-state index in [4.69, 9.17) is 0 Å². The van der Waals surface area contributed by atoms with E-state index in [0.717, 1.165) is 5.69 Å². The van der Waals surface area contributed by atoms with Gasteiger partial charge in [-0.05, 0) is 19.1 Å². The van der Waals surface area contributed by atoms with Crippen LogP contribution in [-0.4, -0.2) is 48.3 Å². The lowest BCUT2D eigenvalue weighted by atomic mass is 10.0. The summed E-state index contributed by atoms with van der Waals surface area (Å²) in [6.45, 7) is 4.11. The maximum Gasteiger partial charge on any atom is 0.317 e. The number of halogens is 1. The third-order valence-electron chi connectivity index (χ3n) is 4.02. The van der Waals surface area contributed by atoms with Crippen LogP contribution in [0.2, 0.25) is 0 Å². The van der Waals surface area contributed by atoms with Gasteiger partial charge in [0.05, 0.1) is 12.1 Å². The summed E-state index contributed by atoms with van der Waals surface area (Å²) in [7, 11) is 0. The van der Waals surface area contributed by atoms with Crippen molar-refractivity contribution in [3.8, 4) is 0 Å². The van der Waals surface area contributed by atoms with E-state index in [1.807, 2.05) is 15.9 Å². The zero-order chi connectivity index (χ0) is 14.3.